The zero-order chi connectivity index (χ0) is 19.4. The first kappa shape index (κ1) is 19.4. The second kappa shape index (κ2) is 5.60. The van der Waals surface area contributed by atoms with E-state index in [9.17, 15) is 9.59 Å². The summed E-state index contributed by atoms with van der Waals surface area (Å²) < 4.78 is -1.94. The molecule has 1 aromatic rings. The summed E-state index contributed by atoms with van der Waals surface area (Å²) in [6.07, 6.45) is 0. The fraction of sp³-hybridized carbons (Fsp3) is 0.375. The SMILES string of the molecule is Cc1ccc(N2C(=O)C3C(C2=O)C2(Cl)C(Cl)=C(Cl)C3(Cl)C2(Cl)Cl)cc1Cl. The minimum absolute atomic E-state index is 0.118. The van der Waals surface area contributed by atoms with Crippen molar-refractivity contribution in [2.24, 2.45) is 11.8 Å². The van der Waals surface area contributed by atoms with Crippen LogP contribution in [0.25, 0.3) is 0 Å². The zero-order valence-corrected chi connectivity index (χ0v) is 18.1. The van der Waals surface area contributed by atoms with Crippen LogP contribution in [-0.2, 0) is 9.59 Å². The molecule has 0 radical (unpaired) electrons. The molecule has 1 heterocycles. The minimum atomic E-state index is -1.94. The number of hydrogen-bond acceptors (Lipinski definition) is 2. The van der Waals surface area contributed by atoms with Gasteiger partial charge in [0.05, 0.1) is 27.6 Å². The van der Waals surface area contributed by atoms with Crippen molar-refractivity contribution in [3.05, 3.63) is 38.8 Å². The second-order valence-electron chi connectivity index (χ2n) is 6.53. The number of aryl methyl sites for hydroxylation is 1. The molecule has 0 aromatic heterocycles. The Bertz CT molecular complexity index is 883. The third-order valence-electron chi connectivity index (χ3n) is 5.32. The Balaban J connectivity index is 1.90. The highest BCUT2D eigenvalue weighted by Crippen LogP contribution is 2.77. The maximum Gasteiger partial charge on any atom is 0.240 e. The molecular weight excluding hydrogens is 486 g/mol. The van der Waals surface area contributed by atoms with Gasteiger partial charge in [-0.25, -0.2) is 4.90 Å². The third-order valence-corrected chi connectivity index (χ3v) is 9.99. The molecule has 1 saturated heterocycles. The van der Waals surface area contributed by atoms with Gasteiger partial charge in [-0.15, -0.1) is 23.2 Å². The van der Waals surface area contributed by atoms with Gasteiger partial charge >= 0.3 is 0 Å². The summed E-state index contributed by atoms with van der Waals surface area (Å²) in [6, 6.07) is 4.81. The van der Waals surface area contributed by atoms with Crippen molar-refractivity contribution in [1.82, 2.24) is 0 Å². The van der Waals surface area contributed by atoms with Gasteiger partial charge in [0, 0.05) is 5.02 Å². The molecule has 2 fully saturated rings. The number of imide groups is 1. The summed E-state index contributed by atoms with van der Waals surface area (Å²) in [5.74, 6) is -3.52. The Labute approximate surface area is 184 Å². The number of fused-ring (bicyclic) bond motifs is 5. The van der Waals surface area contributed by atoms with Crippen molar-refractivity contribution in [3.8, 4) is 0 Å². The average molecular weight is 494 g/mol. The molecule has 1 aromatic carbocycles. The van der Waals surface area contributed by atoms with Gasteiger partial charge in [-0.2, -0.15) is 0 Å². The fourth-order valence-corrected chi connectivity index (χ4v) is 7.07. The van der Waals surface area contributed by atoms with Crippen LogP contribution < -0.4 is 4.90 Å². The number of amides is 2. The van der Waals surface area contributed by atoms with Gasteiger partial charge in [0.2, 0.25) is 11.8 Å². The molecule has 2 bridgehead atoms. The van der Waals surface area contributed by atoms with E-state index in [4.69, 9.17) is 81.2 Å². The van der Waals surface area contributed by atoms with E-state index in [0.29, 0.717) is 10.7 Å². The molecule has 1 saturated carbocycles. The van der Waals surface area contributed by atoms with Crippen LogP contribution in [-0.4, -0.2) is 25.9 Å². The average Bonchev–Trinajstić information content (AvgIpc) is 2.95. The van der Waals surface area contributed by atoms with Gasteiger partial charge in [0.15, 0.2) is 4.33 Å². The monoisotopic (exact) mass is 491 g/mol. The number of rotatable bonds is 1. The van der Waals surface area contributed by atoms with Crippen molar-refractivity contribution in [2.45, 2.75) is 21.0 Å². The molecule has 26 heavy (non-hydrogen) atoms. The number of nitrogens with zero attached hydrogens (tertiary/aromatic N) is 1. The molecular formula is C16H8Cl7NO2. The predicted octanol–water partition coefficient (Wildman–Crippen LogP) is 5.60. The van der Waals surface area contributed by atoms with Crippen molar-refractivity contribution in [1.29, 1.82) is 0 Å². The van der Waals surface area contributed by atoms with Crippen molar-refractivity contribution < 1.29 is 9.59 Å². The Kier molecular flexibility index (Phi) is 4.19. The van der Waals surface area contributed by atoms with Crippen LogP contribution in [0.3, 0.4) is 0 Å². The van der Waals surface area contributed by atoms with Gasteiger partial charge < -0.3 is 0 Å². The van der Waals surface area contributed by atoms with Crippen LogP contribution >= 0.6 is 81.2 Å². The van der Waals surface area contributed by atoms with Gasteiger partial charge in [-0.05, 0) is 24.6 Å². The third kappa shape index (κ3) is 1.87. The maximum absolute atomic E-state index is 13.1. The van der Waals surface area contributed by atoms with Crippen molar-refractivity contribution in [2.75, 3.05) is 4.90 Å². The van der Waals surface area contributed by atoms with Crippen LogP contribution in [0.1, 0.15) is 5.56 Å². The topological polar surface area (TPSA) is 37.4 Å². The van der Waals surface area contributed by atoms with Gasteiger partial charge in [-0.1, -0.05) is 64.1 Å². The number of anilines is 1. The molecule has 0 spiro atoms. The first-order chi connectivity index (χ1) is 11.9. The van der Waals surface area contributed by atoms with Crippen LogP contribution in [0.15, 0.2) is 28.3 Å². The summed E-state index contributed by atoms with van der Waals surface area (Å²) >= 11 is 44.8. The molecule has 2 amide bonds. The van der Waals surface area contributed by atoms with E-state index in [1.807, 2.05) is 0 Å². The van der Waals surface area contributed by atoms with Crippen LogP contribution in [0, 0.1) is 18.8 Å². The zero-order valence-electron chi connectivity index (χ0n) is 12.8. The first-order valence-electron chi connectivity index (χ1n) is 7.38. The van der Waals surface area contributed by atoms with Gasteiger partial charge in [0.1, 0.15) is 9.75 Å². The Hall–Kier alpha value is 0.130. The van der Waals surface area contributed by atoms with Crippen molar-refractivity contribution in [3.63, 3.8) is 0 Å². The normalized spacial score (nSPS) is 37.8. The summed E-state index contributed by atoms with van der Waals surface area (Å²) in [6.45, 7) is 1.80. The van der Waals surface area contributed by atoms with Crippen molar-refractivity contribution >= 4 is 98.7 Å². The number of alkyl halides is 4. The Morgan fingerprint density at radius 3 is 1.77 bits per heavy atom. The quantitative estimate of drug-likeness (QED) is 0.377. The highest BCUT2D eigenvalue weighted by Gasteiger charge is 2.87. The molecule has 1 aliphatic heterocycles. The summed E-state index contributed by atoms with van der Waals surface area (Å²) in [5.41, 5.74) is 1.10. The number of halogens is 7. The lowest BCUT2D eigenvalue weighted by molar-refractivity contribution is -0.123. The number of hydrogen-bond donors (Lipinski definition) is 0. The summed E-state index contributed by atoms with van der Waals surface area (Å²) in [5, 5.41) is 0.168. The van der Waals surface area contributed by atoms with E-state index in [0.717, 1.165) is 10.5 Å². The Morgan fingerprint density at radius 2 is 1.35 bits per heavy atom. The van der Waals surface area contributed by atoms with Gasteiger partial charge in [-0.3, -0.25) is 9.59 Å². The second-order valence-corrected chi connectivity index (χ2v) is 10.2. The molecule has 3 aliphatic rings. The summed E-state index contributed by atoms with van der Waals surface area (Å²) in [7, 11) is 0. The van der Waals surface area contributed by atoms with E-state index in [-0.39, 0.29) is 10.1 Å². The lowest BCUT2D eigenvalue weighted by Crippen LogP contribution is -2.50. The smallest absolute Gasteiger partial charge is 0.240 e. The van der Waals surface area contributed by atoms with Crippen LogP contribution in [0.5, 0.6) is 0 Å². The van der Waals surface area contributed by atoms with E-state index in [2.05, 4.69) is 0 Å². The standard InChI is InChI=1S/C16H8Cl7NO2/c1-5-2-3-6(4-7(5)17)24-12(25)8-9(13(24)26)15(21)11(19)10(18)14(8,20)16(15,22)23/h2-4,8-9H,1H3. The van der Waals surface area contributed by atoms with E-state index >= 15 is 0 Å². The largest absolute Gasteiger partial charge is 0.274 e. The van der Waals surface area contributed by atoms with Crippen LogP contribution in [0.2, 0.25) is 5.02 Å². The molecule has 10 heteroatoms. The number of allylic oxidation sites excluding steroid dienone is 2. The molecule has 138 valence electrons. The highest BCUT2D eigenvalue weighted by molar-refractivity contribution is 6.67. The van der Waals surface area contributed by atoms with E-state index in [1.54, 1.807) is 19.1 Å². The lowest BCUT2D eigenvalue weighted by Gasteiger charge is -2.34. The van der Waals surface area contributed by atoms with E-state index < -0.39 is 37.7 Å². The molecule has 4 unspecified atom stereocenters. The highest BCUT2D eigenvalue weighted by atomic mass is 35.5. The minimum Gasteiger partial charge on any atom is -0.274 e. The lowest BCUT2D eigenvalue weighted by atomic mass is 9.84. The maximum atomic E-state index is 13.1. The number of carbonyl (C=O) groups excluding carboxylic acids is 2. The number of carbonyl (C=O) groups is 2. The number of benzene rings is 1. The molecule has 4 atom stereocenters. The van der Waals surface area contributed by atoms with Gasteiger partial charge in [0.25, 0.3) is 0 Å². The molecule has 4 rings (SSSR count). The van der Waals surface area contributed by atoms with Crippen LogP contribution in [0.4, 0.5) is 5.69 Å². The predicted molar refractivity (Wildman–Crippen MR) is 106 cm³/mol. The van der Waals surface area contributed by atoms with E-state index in [1.165, 1.54) is 6.07 Å². The molecule has 3 nitrogen and oxygen atoms in total. The fourth-order valence-electron chi connectivity index (χ4n) is 3.97. The molecule has 0 N–H and O–H groups in total. The first-order valence-corrected chi connectivity index (χ1v) is 10.0. The molecule has 2 aliphatic carbocycles. The summed E-state index contributed by atoms with van der Waals surface area (Å²) in [4.78, 5) is 23.7. The Morgan fingerprint density at radius 1 is 0.885 bits per heavy atom.